The van der Waals surface area contributed by atoms with E-state index in [0.29, 0.717) is 19.2 Å². The highest BCUT2D eigenvalue weighted by Gasteiger charge is 2.34. The minimum Gasteiger partial charge on any atom is -0.362 e. The van der Waals surface area contributed by atoms with Crippen molar-refractivity contribution in [1.29, 1.82) is 0 Å². The minimum atomic E-state index is -4.68. The molecule has 1 aliphatic heterocycles. The van der Waals surface area contributed by atoms with Gasteiger partial charge in [-0.25, -0.2) is 0 Å². The van der Waals surface area contributed by atoms with Crippen molar-refractivity contribution >= 4 is 34.6 Å². The smallest absolute Gasteiger partial charge is 0.362 e. The first kappa shape index (κ1) is 26.1. The van der Waals surface area contributed by atoms with Crippen LogP contribution in [0.15, 0.2) is 78.9 Å². The van der Waals surface area contributed by atoms with Gasteiger partial charge in [0.2, 0.25) is 5.91 Å². The van der Waals surface area contributed by atoms with E-state index in [0.717, 1.165) is 23.3 Å². The maximum atomic E-state index is 13.3. The van der Waals surface area contributed by atoms with Gasteiger partial charge in [0, 0.05) is 32.2 Å². The van der Waals surface area contributed by atoms with Crippen LogP contribution in [0.3, 0.4) is 0 Å². The molecule has 1 N–H and O–H groups in total. The second-order valence-electron chi connectivity index (χ2n) is 8.48. The minimum absolute atomic E-state index is 0.112. The van der Waals surface area contributed by atoms with E-state index in [-0.39, 0.29) is 29.8 Å². The quantitative estimate of drug-likeness (QED) is 0.286. The van der Waals surface area contributed by atoms with Crippen molar-refractivity contribution in [1.82, 2.24) is 10.2 Å². The number of alkyl halides is 3. The van der Waals surface area contributed by atoms with Gasteiger partial charge in [-0.3, -0.25) is 14.9 Å². The van der Waals surface area contributed by atoms with Gasteiger partial charge in [0.25, 0.3) is 5.69 Å². The molecule has 0 aromatic heterocycles. The van der Waals surface area contributed by atoms with Crippen LogP contribution in [0, 0.1) is 10.1 Å². The maximum Gasteiger partial charge on any atom is 0.416 e. The number of anilines is 1. The second kappa shape index (κ2) is 11.0. The number of nitrogens with one attached hydrogen (secondary N) is 1. The second-order valence-corrected chi connectivity index (χ2v) is 8.87. The molecule has 37 heavy (non-hydrogen) atoms. The Bertz CT molecular complexity index is 1240. The number of benzene rings is 3. The third-order valence-electron chi connectivity index (χ3n) is 6.17. The molecule has 1 fully saturated rings. The van der Waals surface area contributed by atoms with Crippen molar-refractivity contribution in [3.05, 3.63) is 106 Å². The lowest BCUT2D eigenvalue weighted by molar-refractivity contribution is -0.384. The predicted molar refractivity (Wildman–Crippen MR) is 137 cm³/mol. The number of nitro groups is 1. The summed E-state index contributed by atoms with van der Waals surface area (Å²) in [6, 6.07) is 21.2. The lowest BCUT2D eigenvalue weighted by Gasteiger charge is -2.37. The Kier molecular flexibility index (Phi) is 7.72. The Hall–Kier alpha value is -3.99. The zero-order chi connectivity index (χ0) is 26.6. The number of thiocarbonyl (C=S) groups is 1. The normalized spacial score (nSPS) is 13.9. The summed E-state index contributed by atoms with van der Waals surface area (Å²) in [7, 11) is 0. The third-order valence-corrected chi connectivity index (χ3v) is 6.53. The number of carbonyl (C=O) groups is 1. The molecule has 4 rings (SSSR count). The maximum absolute atomic E-state index is 13.3. The Morgan fingerprint density at radius 2 is 1.46 bits per heavy atom. The number of nitrogens with zero attached hydrogens (tertiary/aromatic N) is 3. The van der Waals surface area contributed by atoms with Crippen LogP contribution in [0.1, 0.15) is 22.6 Å². The number of hydrogen-bond acceptors (Lipinski definition) is 5. The summed E-state index contributed by atoms with van der Waals surface area (Å²) in [5.74, 6) is -0.861. The van der Waals surface area contributed by atoms with E-state index in [2.05, 4.69) is 5.32 Å². The molecule has 0 saturated carbocycles. The molecule has 1 saturated heterocycles. The Balaban J connectivity index is 1.44. The van der Waals surface area contributed by atoms with E-state index in [1.165, 1.54) is 0 Å². The van der Waals surface area contributed by atoms with Crippen LogP contribution in [-0.4, -0.2) is 47.0 Å². The molecule has 1 aliphatic rings. The first-order valence-corrected chi connectivity index (χ1v) is 11.9. The number of rotatable bonds is 5. The highest BCUT2D eigenvalue weighted by Crippen LogP contribution is 2.36. The van der Waals surface area contributed by atoms with E-state index in [4.69, 9.17) is 12.2 Å². The molecule has 11 heteroatoms. The Morgan fingerprint density at radius 1 is 0.919 bits per heavy atom. The Morgan fingerprint density at radius 3 is 1.95 bits per heavy atom. The summed E-state index contributed by atoms with van der Waals surface area (Å²) >= 11 is 5.49. The van der Waals surface area contributed by atoms with Crippen LogP contribution in [0.2, 0.25) is 0 Å². The first-order chi connectivity index (χ1) is 17.6. The lowest BCUT2D eigenvalue weighted by atomic mass is 9.90. The molecule has 0 bridgehead atoms. The molecule has 3 aromatic carbocycles. The van der Waals surface area contributed by atoms with Crippen molar-refractivity contribution in [3.63, 3.8) is 0 Å². The molecule has 7 nitrogen and oxygen atoms in total. The average Bonchev–Trinajstić information content (AvgIpc) is 2.89. The fraction of sp³-hybridized carbons (Fsp3) is 0.231. The van der Waals surface area contributed by atoms with Gasteiger partial charge in [-0.05, 0) is 35.5 Å². The average molecular weight is 529 g/mol. The molecule has 3 aromatic rings. The molecule has 0 aliphatic carbocycles. The summed E-state index contributed by atoms with van der Waals surface area (Å²) < 4.78 is 39.1. The molecular formula is C26H23F3N4O3S. The topological polar surface area (TPSA) is 78.7 Å². The van der Waals surface area contributed by atoms with Crippen LogP contribution < -0.4 is 10.2 Å². The Labute approximate surface area is 216 Å². The van der Waals surface area contributed by atoms with E-state index >= 15 is 0 Å². The van der Waals surface area contributed by atoms with Gasteiger partial charge in [0.1, 0.15) is 5.69 Å². The van der Waals surface area contributed by atoms with Crippen molar-refractivity contribution in [2.45, 2.75) is 12.1 Å². The standard InChI is InChI=1S/C26H23F3N4O3S/c27-26(28,29)20-11-12-21(22(17-20)33(35)36)31-13-15-32(16-14-31)25(37)30-24(34)23(18-7-3-1-4-8-18)19-9-5-2-6-10-19/h1-12,17,23H,13-16H2,(H,30,34,37). The summed E-state index contributed by atoms with van der Waals surface area (Å²) in [4.78, 5) is 27.4. The molecule has 0 radical (unpaired) electrons. The molecule has 192 valence electrons. The molecular weight excluding hydrogens is 505 g/mol. The van der Waals surface area contributed by atoms with Crippen molar-refractivity contribution in [2.24, 2.45) is 0 Å². The van der Waals surface area contributed by atoms with Crippen molar-refractivity contribution < 1.29 is 22.9 Å². The zero-order valence-electron chi connectivity index (χ0n) is 19.5. The van der Waals surface area contributed by atoms with Crippen LogP contribution in [-0.2, 0) is 11.0 Å². The van der Waals surface area contributed by atoms with Gasteiger partial charge in [0.05, 0.1) is 16.4 Å². The largest absolute Gasteiger partial charge is 0.416 e. The number of amides is 1. The summed E-state index contributed by atoms with van der Waals surface area (Å²) in [6.45, 7) is 1.23. The van der Waals surface area contributed by atoms with Gasteiger partial charge < -0.3 is 15.1 Å². The fourth-order valence-electron chi connectivity index (χ4n) is 4.31. The molecule has 0 atom stereocenters. The van der Waals surface area contributed by atoms with Crippen LogP contribution >= 0.6 is 12.2 Å². The highest BCUT2D eigenvalue weighted by molar-refractivity contribution is 7.80. The van der Waals surface area contributed by atoms with Crippen molar-refractivity contribution in [2.75, 3.05) is 31.1 Å². The third kappa shape index (κ3) is 6.05. The fourth-order valence-corrected chi connectivity index (χ4v) is 4.59. The molecule has 1 heterocycles. The number of hydrogen-bond donors (Lipinski definition) is 1. The monoisotopic (exact) mass is 528 g/mol. The van der Waals surface area contributed by atoms with Crippen LogP contribution in [0.4, 0.5) is 24.5 Å². The van der Waals surface area contributed by atoms with Gasteiger partial charge in [-0.2, -0.15) is 13.2 Å². The predicted octanol–water partition coefficient (Wildman–Crippen LogP) is 4.97. The molecule has 0 unspecified atom stereocenters. The summed E-state index contributed by atoms with van der Waals surface area (Å²) in [5.41, 5.74) is 0.0623. The van der Waals surface area contributed by atoms with E-state index < -0.39 is 28.3 Å². The summed E-state index contributed by atoms with van der Waals surface area (Å²) in [6.07, 6.45) is -4.68. The first-order valence-electron chi connectivity index (χ1n) is 11.5. The van der Waals surface area contributed by atoms with Crippen LogP contribution in [0.5, 0.6) is 0 Å². The van der Waals surface area contributed by atoms with Crippen LogP contribution in [0.25, 0.3) is 0 Å². The zero-order valence-corrected chi connectivity index (χ0v) is 20.3. The van der Waals surface area contributed by atoms with Gasteiger partial charge in [0.15, 0.2) is 5.11 Å². The number of nitro benzene ring substituents is 1. The lowest BCUT2D eigenvalue weighted by Crippen LogP contribution is -2.53. The van der Waals surface area contributed by atoms with Gasteiger partial charge >= 0.3 is 6.18 Å². The molecule has 1 amide bonds. The SMILES string of the molecule is O=C(NC(=S)N1CCN(c2ccc(C(F)(F)F)cc2[N+](=O)[O-])CC1)C(c1ccccc1)c1ccccc1. The number of carbonyl (C=O) groups excluding carboxylic acids is 1. The summed E-state index contributed by atoms with van der Waals surface area (Å²) in [5, 5.41) is 14.5. The van der Waals surface area contributed by atoms with E-state index in [9.17, 15) is 28.1 Å². The van der Waals surface area contributed by atoms with Crippen molar-refractivity contribution in [3.8, 4) is 0 Å². The van der Waals surface area contributed by atoms with Gasteiger partial charge in [-0.15, -0.1) is 0 Å². The van der Waals surface area contributed by atoms with Gasteiger partial charge in [-0.1, -0.05) is 60.7 Å². The molecule has 0 spiro atoms. The van der Waals surface area contributed by atoms with E-state index in [1.54, 1.807) is 9.80 Å². The van der Waals surface area contributed by atoms with E-state index in [1.807, 2.05) is 60.7 Å². The number of piperazine rings is 1. The highest BCUT2D eigenvalue weighted by atomic mass is 32.1. The number of halogens is 3.